The molecule has 27 heavy (non-hydrogen) atoms. The largest absolute Gasteiger partial charge is 0.348 e. The molecule has 0 bridgehead atoms. The van der Waals surface area contributed by atoms with Crippen molar-refractivity contribution >= 4 is 16.8 Å². The van der Waals surface area contributed by atoms with Crippen molar-refractivity contribution in [3.05, 3.63) is 36.0 Å². The second-order valence-electron chi connectivity index (χ2n) is 7.52. The highest BCUT2D eigenvalue weighted by atomic mass is 19.1. The summed E-state index contributed by atoms with van der Waals surface area (Å²) in [5, 5.41) is 14.0. The van der Waals surface area contributed by atoms with Gasteiger partial charge in [0.15, 0.2) is 5.82 Å². The number of fused-ring (bicyclic) bond motifs is 1. The highest BCUT2D eigenvalue weighted by Gasteiger charge is 2.31. The zero-order valence-electron chi connectivity index (χ0n) is 15.2. The van der Waals surface area contributed by atoms with Crippen LogP contribution in [0, 0.1) is 5.82 Å². The van der Waals surface area contributed by atoms with Gasteiger partial charge in [-0.3, -0.25) is 14.6 Å². The summed E-state index contributed by atoms with van der Waals surface area (Å²) in [5.41, 5.74) is 0.537. The molecule has 0 atom stereocenters. The lowest BCUT2D eigenvalue weighted by molar-refractivity contribution is 0.0847. The van der Waals surface area contributed by atoms with E-state index in [1.54, 1.807) is 37.1 Å². The van der Waals surface area contributed by atoms with E-state index in [1.807, 2.05) is 0 Å². The number of nitrogens with one attached hydrogen (secondary N) is 2. The molecule has 0 radical (unpaired) electrons. The van der Waals surface area contributed by atoms with Crippen molar-refractivity contribution in [2.45, 2.75) is 44.3 Å². The van der Waals surface area contributed by atoms with Crippen molar-refractivity contribution in [3.8, 4) is 11.1 Å². The van der Waals surface area contributed by atoms with E-state index in [4.69, 9.17) is 0 Å². The van der Waals surface area contributed by atoms with Gasteiger partial charge in [-0.05, 0) is 50.3 Å². The summed E-state index contributed by atoms with van der Waals surface area (Å²) in [6.45, 7) is 1.59. The van der Waals surface area contributed by atoms with Crippen molar-refractivity contribution in [3.63, 3.8) is 0 Å². The molecule has 1 fully saturated rings. The number of benzene rings is 1. The number of aromatic nitrogens is 4. The fraction of sp³-hybridized carbons (Fsp3) is 0.421. The Bertz CT molecular complexity index is 997. The van der Waals surface area contributed by atoms with Gasteiger partial charge in [-0.25, -0.2) is 8.78 Å². The minimum Gasteiger partial charge on any atom is -0.348 e. The van der Waals surface area contributed by atoms with Crippen LogP contribution in [0.3, 0.4) is 0 Å². The third-order valence-corrected chi connectivity index (χ3v) is 5.24. The molecule has 0 unspecified atom stereocenters. The van der Waals surface area contributed by atoms with E-state index >= 15 is 0 Å². The van der Waals surface area contributed by atoms with Crippen molar-refractivity contribution in [1.82, 2.24) is 25.3 Å². The van der Waals surface area contributed by atoms with Gasteiger partial charge in [0.05, 0.1) is 6.20 Å². The Kier molecular flexibility index (Phi) is 4.20. The van der Waals surface area contributed by atoms with Gasteiger partial charge in [-0.15, -0.1) is 0 Å². The normalized spacial score (nSPS) is 22.9. The molecule has 1 saturated carbocycles. The summed E-state index contributed by atoms with van der Waals surface area (Å²) >= 11 is 0. The summed E-state index contributed by atoms with van der Waals surface area (Å²) in [4.78, 5) is 12.7. The van der Waals surface area contributed by atoms with E-state index in [0.29, 0.717) is 36.6 Å². The number of halogens is 2. The van der Waals surface area contributed by atoms with Gasteiger partial charge in [0.1, 0.15) is 16.9 Å². The van der Waals surface area contributed by atoms with Crippen molar-refractivity contribution in [2.75, 3.05) is 0 Å². The second kappa shape index (κ2) is 6.44. The maximum Gasteiger partial charge on any atom is 0.270 e. The van der Waals surface area contributed by atoms with Gasteiger partial charge in [0.2, 0.25) is 0 Å². The van der Waals surface area contributed by atoms with Crippen LogP contribution in [0.15, 0.2) is 24.5 Å². The van der Waals surface area contributed by atoms with E-state index in [-0.39, 0.29) is 23.2 Å². The standard InChI is InChI=1S/C19H21F2N5O/c1-19(21)5-3-13(4-6-19)23-18(27)17-14-7-11(12-9-22-26(2)10-12)8-15(20)16(14)24-25-17/h7-10,13H,3-6H2,1-2H3,(H,23,27)(H,24,25). The van der Waals surface area contributed by atoms with Gasteiger partial charge in [-0.1, -0.05) is 0 Å². The Morgan fingerprint density at radius 1 is 1.33 bits per heavy atom. The number of amides is 1. The lowest BCUT2D eigenvalue weighted by Gasteiger charge is -2.31. The van der Waals surface area contributed by atoms with Crippen molar-refractivity contribution in [1.29, 1.82) is 0 Å². The SMILES string of the molecule is Cn1cc(-c2cc(F)c3n[nH]c(C(=O)NC4CCC(C)(F)CC4)c3c2)cn1. The van der Waals surface area contributed by atoms with E-state index in [2.05, 4.69) is 20.6 Å². The summed E-state index contributed by atoms with van der Waals surface area (Å²) in [6, 6.07) is 3.02. The molecular formula is C19H21F2N5O. The van der Waals surface area contributed by atoms with Gasteiger partial charge in [0, 0.05) is 30.2 Å². The minimum absolute atomic E-state index is 0.0916. The Morgan fingerprint density at radius 3 is 2.74 bits per heavy atom. The van der Waals surface area contributed by atoms with Crippen LogP contribution < -0.4 is 5.32 Å². The van der Waals surface area contributed by atoms with Crippen LogP contribution in [0.1, 0.15) is 43.1 Å². The molecular weight excluding hydrogens is 352 g/mol. The Balaban J connectivity index is 1.62. The first kappa shape index (κ1) is 17.6. The van der Waals surface area contributed by atoms with E-state index in [1.165, 1.54) is 6.07 Å². The van der Waals surface area contributed by atoms with Crippen LogP contribution in [0.4, 0.5) is 8.78 Å². The van der Waals surface area contributed by atoms with Crippen LogP contribution in [0.2, 0.25) is 0 Å². The topological polar surface area (TPSA) is 75.6 Å². The molecule has 1 aromatic carbocycles. The van der Waals surface area contributed by atoms with Gasteiger partial charge in [0.25, 0.3) is 5.91 Å². The van der Waals surface area contributed by atoms with Crippen LogP contribution in [0.5, 0.6) is 0 Å². The monoisotopic (exact) mass is 373 g/mol. The number of hydrogen-bond acceptors (Lipinski definition) is 3. The summed E-state index contributed by atoms with van der Waals surface area (Å²) in [7, 11) is 1.78. The van der Waals surface area contributed by atoms with E-state index < -0.39 is 11.5 Å². The Hall–Kier alpha value is -2.77. The van der Waals surface area contributed by atoms with E-state index in [9.17, 15) is 13.6 Å². The fourth-order valence-electron chi connectivity index (χ4n) is 3.61. The van der Waals surface area contributed by atoms with Crippen molar-refractivity contribution < 1.29 is 13.6 Å². The molecule has 0 saturated heterocycles. The maximum absolute atomic E-state index is 14.5. The summed E-state index contributed by atoms with van der Waals surface area (Å²) < 4.78 is 30.0. The number of alkyl halides is 1. The molecule has 0 aliphatic heterocycles. The minimum atomic E-state index is -1.16. The number of rotatable bonds is 3. The Morgan fingerprint density at radius 2 is 2.07 bits per heavy atom. The van der Waals surface area contributed by atoms with Gasteiger partial charge in [-0.2, -0.15) is 10.2 Å². The highest BCUT2D eigenvalue weighted by molar-refractivity contribution is 6.05. The van der Waals surface area contributed by atoms with Crippen LogP contribution in [-0.4, -0.2) is 37.6 Å². The number of carbonyl (C=O) groups excluding carboxylic acids is 1. The highest BCUT2D eigenvalue weighted by Crippen LogP contribution is 2.32. The number of aryl methyl sites for hydroxylation is 1. The smallest absolute Gasteiger partial charge is 0.270 e. The molecule has 1 aliphatic rings. The molecule has 2 N–H and O–H groups in total. The predicted molar refractivity (Wildman–Crippen MR) is 97.5 cm³/mol. The first-order valence-electron chi connectivity index (χ1n) is 8.99. The molecule has 1 amide bonds. The molecule has 1 aliphatic carbocycles. The zero-order chi connectivity index (χ0) is 19.2. The van der Waals surface area contributed by atoms with Crippen LogP contribution >= 0.6 is 0 Å². The van der Waals surface area contributed by atoms with Crippen LogP contribution in [0.25, 0.3) is 22.0 Å². The Labute approximate surface area is 154 Å². The third kappa shape index (κ3) is 3.43. The number of nitrogens with zero attached hydrogens (tertiary/aromatic N) is 3. The maximum atomic E-state index is 14.5. The first-order chi connectivity index (χ1) is 12.8. The third-order valence-electron chi connectivity index (χ3n) is 5.24. The molecule has 4 rings (SSSR count). The number of carbonyl (C=O) groups is 1. The quantitative estimate of drug-likeness (QED) is 0.738. The number of H-pyrrole nitrogens is 1. The van der Waals surface area contributed by atoms with E-state index in [0.717, 1.165) is 5.56 Å². The molecule has 8 heteroatoms. The van der Waals surface area contributed by atoms with Gasteiger partial charge >= 0.3 is 0 Å². The molecule has 3 aromatic rings. The molecule has 142 valence electrons. The number of aromatic amines is 1. The molecule has 0 spiro atoms. The number of hydrogen-bond donors (Lipinski definition) is 2. The molecule has 2 aromatic heterocycles. The summed E-state index contributed by atoms with van der Waals surface area (Å²) in [6.07, 6.45) is 5.41. The van der Waals surface area contributed by atoms with Gasteiger partial charge < -0.3 is 5.32 Å². The van der Waals surface area contributed by atoms with Crippen molar-refractivity contribution in [2.24, 2.45) is 7.05 Å². The second-order valence-corrected chi connectivity index (χ2v) is 7.52. The average Bonchev–Trinajstić information content (AvgIpc) is 3.23. The predicted octanol–water partition coefficient (Wildman–Crippen LogP) is 3.50. The molecule has 6 nitrogen and oxygen atoms in total. The lowest BCUT2D eigenvalue weighted by atomic mass is 9.85. The lowest BCUT2D eigenvalue weighted by Crippen LogP contribution is -2.40. The first-order valence-corrected chi connectivity index (χ1v) is 8.99. The summed E-state index contributed by atoms with van der Waals surface area (Å²) in [5.74, 6) is -0.861. The van der Waals surface area contributed by atoms with Crippen LogP contribution in [-0.2, 0) is 7.05 Å². The average molecular weight is 373 g/mol. The fourth-order valence-corrected chi connectivity index (χ4v) is 3.61. The molecule has 2 heterocycles. The zero-order valence-corrected chi connectivity index (χ0v) is 15.2.